The van der Waals surface area contributed by atoms with E-state index in [0.717, 1.165) is 0 Å². The van der Waals surface area contributed by atoms with Crippen molar-refractivity contribution in [2.75, 3.05) is 11.9 Å². The van der Waals surface area contributed by atoms with Gasteiger partial charge >= 0.3 is 0 Å². The predicted molar refractivity (Wildman–Crippen MR) is 88.4 cm³/mol. The fraction of sp³-hybridized carbons (Fsp3) is 0.167. The Morgan fingerprint density at radius 1 is 1.22 bits per heavy atom. The number of amides is 1. The number of carbonyl (C=O) groups is 1. The van der Waals surface area contributed by atoms with Crippen molar-refractivity contribution in [3.63, 3.8) is 0 Å². The Balaban J connectivity index is 1.96. The van der Waals surface area contributed by atoms with E-state index in [-0.39, 0.29) is 11.7 Å². The van der Waals surface area contributed by atoms with Crippen molar-refractivity contribution in [1.29, 1.82) is 0 Å². The number of benzene rings is 2. The highest BCUT2D eigenvalue weighted by Gasteiger charge is 2.16. The van der Waals surface area contributed by atoms with Crippen molar-refractivity contribution in [2.24, 2.45) is 7.05 Å². The third kappa shape index (κ3) is 2.77. The summed E-state index contributed by atoms with van der Waals surface area (Å²) in [6.07, 6.45) is 0. The largest absolute Gasteiger partial charge is 0.492 e. The van der Waals surface area contributed by atoms with Crippen LogP contribution >= 0.6 is 0 Å². The monoisotopic (exact) mass is 312 g/mol. The number of aryl methyl sites for hydroxylation is 1. The zero-order chi connectivity index (χ0) is 16.4. The SMILES string of the molecule is CCOc1ccccc1NC(=O)c1cc2c(F)cccc2n1C. The Morgan fingerprint density at radius 3 is 2.74 bits per heavy atom. The van der Waals surface area contributed by atoms with Crippen molar-refractivity contribution < 1.29 is 13.9 Å². The number of carbonyl (C=O) groups excluding carboxylic acids is 1. The summed E-state index contributed by atoms with van der Waals surface area (Å²) in [5, 5.41) is 3.25. The van der Waals surface area contributed by atoms with Gasteiger partial charge in [0.05, 0.1) is 17.8 Å². The summed E-state index contributed by atoms with van der Waals surface area (Å²) in [6, 6.07) is 13.6. The Labute approximate surface area is 133 Å². The number of nitrogens with zero attached hydrogens (tertiary/aromatic N) is 1. The maximum absolute atomic E-state index is 13.9. The van der Waals surface area contributed by atoms with Crippen LogP contribution in [0.4, 0.5) is 10.1 Å². The quantitative estimate of drug-likeness (QED) is 0.792. The number of para-hydroxylation sites is 2. The van der Waals surface area contributed by atoms with Gasteiger partial charge < -0.3 is 14.6 Å². The highest BCUT2D eigenvalue weighted by atomic mass is 19.1. The minimum absolute atomic E-state index is 0.310. The van der Waals surface area contributed by atoms with Crippen LogP contribution in [0.15, 0.2) is 48.5 Å². The molecule has 0 radical (unpaired) electrons. The molecule has 5 heteroatoms. The molecule has 3 rings (SSSR count). The summed E-state index contributed by atoms with van der Waals surface area (Å²) in [6.45, 7) is 2.39. The van der Waals surface area contributed by atoms with Gasteiger partial charge in [-0.05, 0) is 37.3 Å². The topological polar surface area (TPSA) is 43.3 Å². The van der Waals surface area contributed by atoms with Crippen LogP contribution in [0.3, 0.4) is 0 Å². The van der Waals surface area contributed by atoms with Crippen LogP contribution in [-0.2, 0) is 7.05 Å². The van der Waals surface area contributed by atoms with Crippen molar-refractivity contribution >= 4 is 22.5 Å². The number of hydrogen-bond donors (Lipinski definition) is 1. The second-order valence-electron chi connectivity index (χ2n) is 5.14. The van der Waals surface area contributed by atoms with Gasteiger partial charge in [-0.1, -0.05) is 18.2 Å². The maximum atomic E-state index is 13.9. The van der Waals surface area contributed by atoms with E-state index < -0.39 is 0 Å². The highest BCUT2D eigenvalue weighted by molar-refractivity contribution is 6.07. The lowest BCUT2D eigenvalue weighted by atomic mass is 10.2. The summed E-state index contributed by atoms with van der Waals surface area (Å²) in [5.74, 6) is -0.0459. The van der Waals surface area contributed by atoms with E-state index in [1.54, 1.807) is 41.9 Å². The van der Waals surface area contributed by atoms with Gasteiger partial charge in [-0.3, -0.25) is 4.79 Å². The number of rotatable bonds is 4. The van der Waals surface area contributed by atoms with Gasteiger partial charge in [-0.25, -0.2) is 4.39 Å². The van der Waals surface area contributed by atoms with Crippen molar-refractivity contribution in [1.82, 2.24) is 4.57 Å². The lowest BCUT2D eigenvalue weighted by Crippen LogP contribution is -2.16. The Kier molecular flexibility index (Phi) is 4.02. The van der Waals surface area contributed by atoms with Crippen molar-refractivity contribution in [2.45, 2.75) is 6.92 Å². The fourth-order valence-electron chi connectivity index (χ4n) is 2.58. The lowest BCUT2D eigenvalue weighted by Gasteiger charge is -2.11. The van der Waals surface area contributed by atoms with E-state index in [1.165, 1.54) is 6.07 Å². The van der Waals surface area contributed by atoms with Gasteiger partial charge in [-0.15, -0.1) is 0 Å². The van der Waals surface area contributed by atoms with E-state index in [9.17, 15) is 9.18 Å². The van der Waals surface area contributed by atoms with E-state index >= 15 is 0 Å². The Hall–Kier alpha value is -2.82. The van der Waals surface area contributed by atoms with E-state index in [2.05, 4.69) is 5.32 Å². The first kappa shape index (κ1) is 15.1. The Bertz CT molecular complexity index is 871. The summed E-state index contributed by atoms with van der Waals surface area (Å²) < 4.78 is 21.0. The standard InChI is InChI=1S/C18H17FN2O2/c1-3-23-17-10-5-4-8-14(17)20-18(22)16-11-12-13(19)7-6-9-15(12)21(16)2/h4-11H,3H2,1-2H3,(H,20,22). The number of ether oxygens (including phenoxy) is 1. The first-order chi connectivity index (χ1) is 11.1. The molecule has 118 valence electrons. The van der Waals surface area contributed by atoms with E-state index in [0.29, 0.717) is 34.6 Å². The van der Waals surface area contributed by atoms with Crippen molar-refractivity contribution in [3.8, 4) is 5.75 Å². The molecular weight excluding hydrogens is 295 g/mol. The van der Waals surface area contributed by atoms with Gasteiger partial charge in [0.25, 0.3) is 5.91 Å². The van der Waals surface area contributed by atoms with Gasteiger partial charge in [0, 0.05) is 12.4 Å². The molecule has 1 amide bonds. The molecule has 0 unspecified atom stereocenters. The van der Waals surface area contributed by atoms with Crippen molar-refractivity contribution in [3.05, 3.63) is 60.0 Å². The second kappa shape index (κ2) is 6.12. The Morgan fingerprint density at radius 2 is 2.00 bits per heavy atom. The summed E-state index contributed by atoms with van der Waals surface area (Å²) >= 11 is 0. The maximum Gasteiger partial charge on any atom is 0.272 e. The molecule has 23 heavy (non-hydrogen) atoms. The fourth-order valence-corrected chi connectivity index (χ4v) is 2.58. The number of nitrogens with one attached hydrogen (secondary N) is 1. The minimum atomic E-state index is -0.341. The molecule has 2 aromatic carbocycles. The molecule has 0 fully saturated rings. The second-order valence-corrected chi connectivity index (χ2v) is 5.14. The molecular formula is C18H17FN2O2. The third-order valence-electron chi connectivity index (χ3n) is 3.70. The van der Waals surface area contributed by atoms with Crippen LogP contribution < -0.4 is 10.1 Å². The molecule has 0 aliphatic heterocycles. The molecule has 0 aliphatic rings. The van der Waals surface area contributed by atoms with Gasteiger partial charge in [0.15, 0.2) is 0 Å². The first-order valence-corrected chi connectivity index (χ1v) is 7.39. The first-order valence-electron chi connectivity index (χ1n) is 7.39. The smallest absolute Gasteiger partial charge is 0.272 e. The van der Waals surface area contributed by atoms with Gasteiger partial charge in [0.1, 0.15) is 17.3 Å². The van der Waals surface area contributed by atoms with Gasteiger partial charge in [0.2, 0.25) is 0 Å². The predicted octanol–water partition coefficient (Wildman–Crippen LogP) is 3.97. The van der Waals surface area contributed by atoms with Crippen LogP contribution in [0.25, 0.3) is 10.9 Å². The third-order valence-corrected chi connectivity index (χ3v) is 3.70. The average Bonchev–Trinajstić information content (AvgIpc) is 2.88. The summed E-state index contributed by atoms with van der Waals surface area (Å²) in [5.41, 5.74) is 1.65. The molecule has 0 bridgehead atoms. The number of hydrogen-bond acceptors (Lipinski definition) is 2. The van der Waals surface area contributed by atoms with Crippen LogP contribution in [0.1, 0.15) is 17.4 Å². The molecule has 0 atom stereocenters. The molecule has 4 nitrogen and oxygen atoms in total. The number of aromatic nitrogens is 1. The summed E-state index contributed by atoms with van der Waals surface area (Å²) in [4.78, 5) is 12.6. The van der Waals surface area contributed by atoms with Crippen LogP contribution in [0.2, 0.25) is 0 Å². The normalized spacial score (nSPS) is 10.7. The molecule has 3 aromatic rings. The summed E-state index contributed by atoms with van der Waals surface area (Å²) in [7, 11) is 1.74. The molecule has 1 N–H and O–H groups in total. The highest BCUT2D eigenvalue weighted by Crippen LogP contribution is 2.26. The zero-order valence-electron chi connectivity index (χ0n) is 13.0. The number of anilines is 1. The lowest BCUT2D eigenvalue weighted by molar-refractivity contribution is 0.101. The minimum Gasteiger partial charge on any atom is -0.492 e. The number of halogens is 1. The molecule has 0 saturated carbocycles. The van der Waals surface area contributed by atoms with E-state index in [1.807, 2.05) is 19.1 Å². The number of fused-ring (bicyclic) bond motifs is 1. The molecule has 1 heterocycles. The van der Waals surface area contributed by atoms with E-state index in [4.69, 9.17) is 4.74 Å². The van der Waals surface area contributed by atoms with Crippen LogP contribution in [0, 0.1) is 5.82 Å². The molecule has 0 aliphatic carbocycles. The van der Waals surface area contributed by atoms with Gasteiger partial charge in [-0.2, -0.15) is 0 Å². The van der Waals surface area contributed by atoms with Crippen LogP contribution in [-0.4, -0.2) is 17.1 Å². The average molecular weight is 312 g/mol. The molecule has 0 saturated heterocycles. The van der Waals surface area contributed by atoms with Crippen LogP contribution in [0.5, 0.6) is 5.75 Å². The zero-order valence-corrected chi connectivity index (χ0v) is 13.0. The molecule has 0 spiro atoms. The molecule has 1 aromatic heterocycles.